The lowest BCUT2D eigenvalue weighted by Crippen LogP contribution is -3.06. The maximum absolute atomic E-state index is 11.8. The second-order valence-electron chi connectivity index (χ2n) is 6.94. The van der Waals surface area contributed by atoms with Crippen LogP contribution < -0.4 is 4.90 Å². The Kier molecular flexibility index (Phi) is 14.5. The fraction of sp³-hybridized carbons (Fsp3) is 0.391. The third-order valence-corrected chi connectivity index (χ3v) is 3.74. The zero-order chi connectivity index (χ0) is 24.5. The number of likely N-dealkylation sites (N-methyl/N-ethyl adjacent to an activating group) is 1. The summed E-state index contributed by atoms with van der Waals surface area (Å²) < 4.78 is 14.6. The molecule has 1 aromatic carbocycles. The Balaban J connectivity index is 0.000000739. The number of carboxylic acids is 1. The number of unbranched alkanes of at least 4 members (excludes halogenated alkanes) is 1. The van der Waals surface area contributed by atoms with Gasteiger partial charge >= 0.3 is 23.9 Å². The van der Waals surface area contributed by atoms with Crippen LogP contribution in [-0.2, 0) is 23.8 Å². The molecule has 0 unspecified atom stereocenters. The van der Waals surface area contributed by atoms with Gasteiger partial charge in [0.2, 0.25) is 0 Å². The molecule has 0 radical (unpaired) electrons. The van der Waals surface area contributed by atoms with Gasteiger partial charge < -0.3 is 24.2 Å². The number of quaternary nitrogens is 1. The van der Waals surface area contributed by atoms with E-state index >= 15 is 0 Å². The first-order valence-electron chi connectivity index (χ1n) is 10.00. The summed E-state index contributed by atoms with van der Waals surface area (Å²) in [6.45, 7) is 10.0. The Morgan fingerprint density at radius 3 is 2.03 bits per heavy atom. The van der Waals surface area contributed by atoms with E-state index < -0.39 is 17.9 Å². The smallest absolute Gasteiger partial charge is 0.339 e. The Morgan fingerprint density at radius 1 is 0.969 bits per heavy atom. The van der Waals surface area contributed by atoms with Gasteiger partial charge in [-0.15, -0.1) is 0 Å². The van der Waals surface area contributed by atoms with Crippen LogP contribution in [0.25, 0.3) is 0 Å². The highest BCUT2D eigenvalue weighted by atomic mass is 16.5. The molecule has 1 aromatic rings. The van der Waals surface area contributed by atoms with Gasteiger partial charge in [-0.1, -0.05) is 25.3 Å². The predicted octanol–water partition coefficient (Wildman–Crippen LogP) is 1.30. The van der Waals surface area contributed by atoms with Gasteiger partial charge in [-0.25, -0.2) is 19.2 Å². The maximum Gasteiger partial charge on any atom is 0.339 e. The first-order chi connectivity index (χ1) is 15.1. The average Bonchev–Trinajstić information content (AvgIpc) is 2.75. The molecule has 0 atom stereocenters. The van der Waals surface area contributed by atoms with Crippen LogP contribution in [0.4, 0.5) is 0 Å². The largest absolute Gasteiger partial charge is 0.478 e. The third-order valence-electron chi connectivity index (χ3n) is 3.74. The van der Waals surface area contributed by atoms with Crippen LogP contribution >= 0.6 is 0 Å². The minimum atomic E-state index is -1.18. The molecule has 32 heavy (non-hydrogen) atoms. The predicted molar refractivity (Wildman–Crippen MR) is 118 cm³/mol. The van der Waals surface area contributed by atoms with Crippen molar-refractivity contribution in [3.63, 3.8) is 0 Å². The molecule has 0 aromatic heterocycles. The van der Waals surface area contributed by atoms with Crippen LogP contribution in [0.3, 0.4) is 0 Å². The molecule has 0 saturated heterocycles. The number of esters is 3. The molecule has 0 aliphatic carbocycles. The van der Waals surface area contributed by atoms with E-state index in [0.29, 0.717) is 25.0 Å². The SMILES string of the molecule is C=C(C)C(=O)OCC[NH+](C)C.C=CC(=O)OCCCCOC(=O)c1ccccc1C(=O)O. The molecule has 0 aliphatic heterocycles. The van der Waals surface area contributed by atoms with Crippen molar-refractivity contribution < 1.29 is 43.4 Å². The second-order valence-corrected chi connectivity index (χ2v) is 6.94. The van der Waals surface area contributed by atoms with Crippen LogP contribution in [0.5, 0.6) is 0 Å². The molecule has 0 fully saturated rings. The summed E-state index contributed by atoms with van der Waals surface area (Å²) in [5, 5.41) is 8.97. The molecule has 1 rings (SSSR count). The van der Waals surface area contributed by atoms with Crippen molar-refractivity contribution in [1.82, 2.24) is 0 Å². The van der Waals surface area contributed by atoms with Gasteiger partial charge in [-0.3, -0.25) is 0 Å². The molecule has 0 saturated carbocycles. The topological polar surface area (TPSA) is 121 Å². The molecular weight excluding hydrogens is 418 g/mol. The highest BCUT2D eigenvalue weighted by Crippen LogP contribution is 2.10. The van der Waals surface area contributed by atoms with Crippen LogP contribution in [0.15, 0.2) is 49.1 Å². The van der Waals surface area contributed by atoms with Gasteiger partial charge in [-0.2, -0.15) is 0 Å². The summed E-state index contributed by atoms with van der Waals surface area (Å²) in [5.41, 5.74) is 0.379. The normalized spacial score (nSPS) is 9.75. The van der Waals surface area contributed by atoms with Gasteiger partial charge in [0.1, 0.15) is 13.2 Å². The van der Waals surface area contributed by atoms with Gasteiger partial charge in [0, 0.05) is 11.6 Å². The molecule has 0 amide bonds. The lowest BCUT2D eigenvalue weighted by atomic mass is 10.1. The number of carbonyl (C=O) groups excluding carboxylic acids is 3. The number of ether oxygens (including phenoxy) is 3. The maximum atomic E-state index is 11.8. The van der Waals surface area contributed by atoms with Crippen LogP contribution in [0.2, 0.25) is 0 Å². The van der Waals surface area contributed by atoms with Gasteiger partial charge in [0.05, 0.1) is 38.4 Å². The molecule has 0 spiro atoms. The number of hydrogen-bond acceptors (Lipinski definition) is 7. The minimum Gasteiger partial charge on any atom is -0.478 e. The molecule has 0 bridgehead atoms. The molecule has 176 valence electrons. The van der Waals surface area contributed by atoms with Crippen molar-refractivity contribution >= 4 is 23.9 Å². The average molecular weight is 451 g/mol. The number of rotatable bonds is 12. The Labute approximate surface area is 188 Å². The Morgan fingerprint density at radius 2 is 1.53 bits per heavy atom. The molecule has 9 nitrogen and oxygen atoms in total. The van der Waals surface area contributed by atoms with Crippen molar-refractivity contribution in [3.05, 3.63) is 60.2 Å². The summed E-state index contributed by atoms with van der Waals surface area (Å²) in [6.07, 6.45) is 2.11. The van der Waals surface area contributed by atoms with Crippen molar-refractivity contribution in [2.24, 2.45) is 0 Å². The number of aromatic carboxylic acids is 1. The first kappa shape index (κ1) is 28.5. The van der Waals surface area contributed by atoms with E-state index in [9.17, 15) is 19.2 Å². The standard InChI is InChI=1S/C15H16O6.C8H15NO2/c1-2-13(16)20-9-5-6-10-21-15(19)12-8-4-3-7-11(12)14(17)18;1-7(2)8(10)11-6-5-9(3)4/h2-4,7-8H,1,5-6,9-10H2,(H,17,18);1,5-6H2,2-4H3/p+1. The van der Waals surface area contributed by atoms with Crippen molar-refractivity contribution in [1.29, 1.82) is 0 Å². The van der Waals surface area contributed by atoms with E-state index in [0.717, 1.165) is 12.6 Å². The molecule has 9 heteroatoms. The highest BCUT2D eigenvalue weighted by molar-refractivity contribution is 6.02. The van der Waals surface area contributed by atoms with Crippen molar-refractivity contribution in [2.75, 3.05) is 40.5 Å². The highest BCUT2D eigenvalue weighted by Gasteiger charge is 2.16. The van der Waals surface area contributed by atoms with Crippen LogP contribution in [0, 0.1) is 0 Å². The number of carbonyl (C=O) groups is 4. The lowest BCUT2D eigenvalue weighted by Gasteiger charge is -2.07. The summed E-state index contributed by atoms with van der Waals surface area (Å²) >= 11 is 0. The third kappa shape index (κ3) is 13.0. The second kappa shape index (κ2) is 16.3. The minimum absolute atomic E-state index is 0.0167. The summed E-state index contributed by atoms with van der Waals surface area (Å²) in [4.78, 5) is 45.6. The zero-order valence-electron chi connectivity index (χ0n) is 18.8. The van der Waals surface area contributed by atoms with Gasteiger partial charge in [-0.05, 0) is 31.9 Å². The van der Waals surface area contributed by atoms with E-state index in [1.807, 2.05) is 14.1 Å². The number of benzene rings is 1. The van der Waals surface area contributed by atoms with E-state index in [-0.39, 0.29) is 30.3 Å². The van der Waals surface area contributed by atoms with E-state index in [1.165, 1.54) is 23.1 Å². The Bertz CT molecular complexity index is 801. The Hall–Kier alpha value is -3.46. The van der Waals surface area contributed by atoms with E-state index in [2.05, 4.69) is 13.2 Å². The van der Waals surface area contributed by atoms with Gasteiger partial charge in [0.25, 0.3) is 0 Å². The van der Waals surface area contributed by atoms with Crippen LogP contribution in [-0.4, -0.2) is 69.4 Å². The summed E-state index contributed by atoms with van der Waals surface area (Å²) in [5.74, 6) is -2.66. The van der Waals surface area contributed by atoms with E-state index in [4.69, 9.17) is 19.3 Å². The molecule has 0 aliphatic rings. The number of hydrogen-bond donors (Lipinski definition) is 2. The van der Waals surface area contributed by atoms with Crippen molar-refractivity contribution in [2.45, 2.75) is 19.8 Å². The van der Waals surface area contributed by atoms with E-state index in [1.54, 1.807) is 13.0 Å². The summed E-state index contributed by atoms with van der Waals surface area (Å²) in [6, 6.07) is 5.84. The zero-order valence-corrected chi connectivity index (χ0v) is 18.8. The molecule has 2 N–H and O–H groups in total. The fourth-order valence-corrected chi connectivity index (χ4v) is 2.00. The number of nitrogens with one attached hydrogen (secondary N) is 1. The van der Waals surface area contributed by atoms with Crippen LogP contribution in [0.1, 0.15) is 40.5 Å². The fourth-order valence-electron chi connectivity index (χ4n) is 2.00. The summed E-state index contributed by atoms with van der Waals surface area (Å²) in [7, 11) is 4.02. The molecule has 0 heterocycles. The lowest BCUT2D eigenvalue weighted by molar-refractivity contribution is -0.858. The van der Waals surface area contributed by atoms with Gasteiger partial charge in [0.15, 0.2) is 0 Å². The molecular formula is C23H32NO8+. The quantitative estimate of drug-likeness (QED) is 0.212. The number of carboxylic acid groups (broad SMARTS) is 1. The monoisotopic (exact) mass is 450 g/mol. The van der Waals surface area contributed by atoms with Crippen molar-refractivity contribution in [3.8, 4) is 0 Å². The first-order valence-corrected chi connectivity index (χ1v) is 10.00.